The first-order chi connectivity index (χ1) is 49.1. The van der Waals surface area contributed by atoms with Gasteiger partial charge in [0.2, 0.25) is 0 Å². The van der Waals surface area contributed by atoms with Crippen LogP contribution < -0.4 is 32.6 Å². The minimum absolute atomic E-state index is 0.000437. The van der Waals surface area contributed by atoms with Crippen molar-refractivity contribution in [3.8, 4) is 0 Å². The number of hydrogen-bond donors (Lipinski definition) is 9. The molecule has 104 heavy (non-hydrogen) atoms. The number of aliphatic carboxylic acids is 2. The van der Waals surface area contributed by atoms with Crippen LogP contribution in [0.5, 0.6) is 0 Å². The van der Waals surface area contributed by atoms with Crippen LogP contribution in [0.1, 0.15) is 78.7 Å². The summed E-state index contributed by atoms with van der Waals surface area (Å²) in [7, 11) is 17.0. The number of likely N-dealkylation sites (N-methyl/N-ethyl adjacent to an activating group) is 3. The average Bonchev–Trinajstić information content (AvgIpc) is 0.783. The van der Waals surface area contributed by atoms with Crippen molar-refractivity contribution >= 4 is 62.8 Å². The number of carbonyl (C=O) groups is 5. The van der Waals surface area contributed by atoms with Crippen LogP contribution in [-0.4, -0.2) is 290 Å². The van der Waals surface area contributed by atoms with E-state index in [0.29, 0.717) is 65.8 Å². The molecule has 3 amide bonds. The normalized spacial score (nSPS) is 14.2. The van der Waals surface area contributed by atoms with E-state index >= 15 is 0 Å². The zero-order chi connectivity index (χ0) is 78.0. The van der Waals surface area contributed by atoms with Crippen LogP contribution in [0.2, 0.25) is 0 Å². The molecule has 578 valence electrons. The molecule has 3 aromatic heterocycles. The highest BCUT2D eigenvalue weighted by Crippen LogP contribution is 2.25. The molecule has 0 aliphatic rings. The number of carbonyl (C=O) groups excluding carboxylic acids is 3. The van der Waals surface area contributed by atoms with Gasteiger partial charge in [-0.1, -0.05) is 13.8 Å². The molecule has 34 nitrogen and oxygen atoms in total. The number of carboxylic acid groups (broad SMARTS) is 2. The number of nitrogens with zero attached hydrogens (tertiary/aromatic N) is 9. The van der Waals surface area contributed by atoms with Crippen LogP contribution in [0.3, 0.4) is 0 Å². The van der Waals surface area contributed by atoms with Crippen LogP contribution in [0.4, 0.5) is 0 Å². The number of carboxylic acids is 2. The Balaban J connectivity index is 0.000000332. The summed E-state index contributed by atoms with van der Waals surface area (Å²) in [6.07, 6.45) is -9.37. The number of aryl methyl sites for hydroxylation is 6. The predicted octanol–water partition coefficient (Wildman–Crippen LogP) is 0.387. The first-order valence-corrected chi connectivity index (χ1v) is 33.5. The molecule has 0 spiro atoms. The summed E-state index contributed by atoms with van der Waals surface area (Å²) in [5, 5.41) is 66.3. The van der Waals surface area contributed by atoms with E-state index < -0.39 is 107 Å². The highest BCUT2D eigenvalue weighted by atomic mass is 16.7. The lowest BCUT2D eigenvalue weighted by molar-refractivity contribution is -0.176. The fraction of sp³-hybridized carbons (Fsp3) is 0.586. The van der Waals surface area contributed by atoms with Crippen molar-refractivity contribution in [1.29, 1.82) is 0 Å². The van der Waals surface area contributed by atoms with Gasteiger partial charge < -0.3 is 113 Å². The van der Waals surface area contributed by atoms with Crippen LogP contribution in [0, 0.1) is 53.4 Å². The lowest BCUT2D eigenvalue weighted by atomic mass is 9.97. The van der Waals surface area contributed by atoms with Gasteiger partial charge in [-0.25, -0.2) is 24.5 Å². The van der Waals surface area contributed by atoms with Crippen LogP contribution >= 0.6 is 0 Å². The van der Waals surface area contributed by atoms with Gasteiger partial charge in [-0.2, -0.15) is 0 Å². The summed E-state index contributed by atoms with van der Waals surface area (Å²) < 4.78 is 46.8. The average molecular weight is 1470 g/mol. The zero-order valence-corrected chi connectivity index (χ0v) is 62.8. The molecule has 3 aromatic carbocycles. The fourth-order valence-electron chi connectivity index (χ4n) is 10.5. The molecule has 0 saturated heterocycles. The molecule has 0 fully saturated rings. The first-order valence-electron chi connectivity index (χ1n) is 33.5. The molecule has 6 rings (SSSR count). The van der Waals surface area contributed by atoms with Crippen molar-refractivity contribution in [3.63, 3.8) is 0 Å². The third kappa shape index (κ3) is 25.0. The van der Waals surface area contributed by atoms with Crippen molar-refractivity contribution < 1.29 is 92.5 Å². The topological polar surface area (TPSA) is 431 Å². The number of nitrogens with one attached hydrogen (secondary N) is 3. The Morgan fingerprint density at radius 1 is 0.452 bits per heavy atom. The molecule has 9 atom stereocenters. The molecular weight excluding hydrogens is 1360 g/mol. The van der Waals surface area contributed by atoms with Crippen molar-refractivity contribution in [2.45, 2.75) is 118 Å². The summed E-state index contributed by atoms with van der Waals surface area (Å²) in [6, 6.07) is 10.7. The number of aromatic nitrogens is 6. The second kappa shape index (κ2) is 42.7. The maximum absolute atomic E-state index is 13.6. The monoisotopic (exact) mass is 1470 g/mol. The summed E-state index contributed by atoms with van der Waals surface area (Å²) in [6.45, 7) is 16.5. The molecule has 0 saturated carbocycles. The van der Waals surface area contributed by atoms with E-state index in [2.05, 4.69) is 30.9 Å². The largest absolute Gasteiger partial charge is 0.479 e. The number of ether oxygens (including phenoxy) is 8. The molecule has 0 aliphatic carbocycles. The number of amides is 3. The lowest BCUT2D eigenvalue weighted by Gasteiger charge is -2.30. The van der Waals surface area contributed by atoms with E-state index in [0.717, 1.165) is 37.9 Å². The molecule has 6 aromatic rings. The maximum atomic E-state index is 13.6. The van der Waals surface area contributed by atoms with E-state index in [1.54, 1.807) is 19.1 Å². The summed E-state index contributed by atoms with van der Waals surface area (Å²) in [4.78, 5) is 120. The van der Waals surface area contributed by atoms with E-state index in [9.17, 15) is 63.9 Å². The SMILES string of the molecule is COCO[C@@H](Cn1c(=O)c(C(=O)NCCN(C)C)nc2cc(C)c(C)cc21)[C@H](C)[C@@H](CO)OCOC.COCO[C@@H](Cn1c(=O)c(C(=O)NCCN(C)C)nc2cc(C)c(C)cc21)[C@H](C)[C@H](OCOC)C(=O)O.Cc1cc2nc(C(=O)NCCN(C)C)c(=O)n(C[C@H](O)[C@H](O)[C@H](O)C(=O)O)c2cc1C. The third-order valence-electron chi connectivity index (χ3n) is 17.2. The molecule has 0 radical (unpaired) electrons. The predicted molar refractivity (Wildman–Crippen MR) is 385 cm³/mol. The second-order valence-corrected chi connectivity index (χ2v) is 26.0. The molecule has 0 bridgehead atoms. The van der Waals surface area contributed by atoms with Crippen LogP contribution in [0.15, 0.2) is 50.8 Å². The molecule has 34 heteroatoms. The van der Waals surface area contributed by atoms with Crippen LogP contribution in [0.25, 0.3) is 33.1 Å². The van der Waals surface area contributed by atoms with Crippen molar-refractivity contribution in [2.24, 2.45) is 11.8 Å². The molecule has 9 N–H and O–H groups in total. The van der Waals surface area contributed by atoms with Gasteiger partial charge in [-0.05, 0) is 154 Å². The second-order valence-electron chi connectivity index (χ2n) is 26.0. The summed E-state index contributed by atoms with van der Waals surface area (Å²) in [5.41, 5.74) is 5.48. The summed E-state index contributed by atoms with van der Waals surface area (Å²) >= 11 is 0. The Hall–Kier alpha value is -8.17. The van der Waals surface area contributed by atoms with Gasteiger partial charge in [0.1, 0.15) is 39.4 Å². The number of rotatable bonds is 39. The van der Waals surface area contributed by atoms with E-state index in [-0.39, 0.29) is 70.7 Å². The van der Waals surface area contributed by atoms with Gasteiger partial charge in [0.25, 0.3) is 34.4 Å². The fourth-order valence-corrected chi connectivity index (χ4v) is 10.5. The first kappa shape index (κ1) is 88.2. The van der Waals surface area contributed by atoms with Crippen molar-refractivity contribution in [2.75, 3.05) is 144 Å². The number of benzene rings is 3. The Kier molecular flexibility index (Phi) is 36.2. The molecular formula is C70H106N12O22. The number of hydrogen-bond acceptors (Lipinski definition) is 26. The number of aliphatic hydroxyl groups is 4. The van der Waals surface area contributed by atoms with Gasteiger partial charge in [0.05, 0.1) is 77.7 Å². The van der Waals surface area contributed by atoms with E-state index in [1.807, 2.05) is 130 Å². The standard InChI is InChI=1S/C25H38N4O8.C25H40N4O7.C20H28N4O7/c1-15-10-18-19(11-16(15)2)29(24(31)21(27-18)23(30)26-8-9-28(4)5)12-20(36-13-34-6)17(3)22(25(32)33)37-14-35-7;1-16-10-19-20(11-17(16)2)29(25(32)23(27-19)24(31)26-8-9-28(4)5)12-21(35-14-33-6)18(3)22(13-30)36-15-34-7;1-10-7-12-13(8-11(10)2)24(9-14(25)16(26)17(27)20(30)31)19(29)15(22-12)18(28)21-5-6-23(3)4/h10-11,17,20,22H,8-9,12-14H2,1-7H3,(H,26,30)(H,32,33);10-11,18,21-22,30H,8-9,12-15H2,1-7H3,(H,26,31);7-8,14,16-17,25-27H,5-6,9H2,1-4H3,(H,21,28)(H,30,31)/t17-,20-,22-;18-,21-,22+;14-,16-,17-/m000/s1. The Morgan fingerprint density at radius 3 is 1.05 bits per heavy atom. The number of fused-ring (bicyclic) bond motifs is 3. The highest BCUT2D eigenvalue weighted by molar-refractivity contribution is 5.95. The highest BCUT2D eigenvalue weighted by Gasteiger charge is 2.36. The summed E-state index contributed by atoms with van der Waals surface area (Å²) in [5.74, 6) is -5.80. The Morgan fingerprint density at radius 2 is 0.750 bits per heavy atom. The smallest absolute Gasteiger partial charge is 0.335 e. The molecule has 3 heterocycles. The van der Waals surface area contributed by atoms with Gasteiger partial charge in [0.15, 0.2) is 29.3 Å². The van der Waals surface area contributed by atoms with E-state index in [4.69, 9.17) is 43.0 Å². The molecule has 0 aliphatic heterocycles. The van der Waals surface area contributed by atoms with Crippen molar-refractivity contribution in [1.82, 2.24) is 59.3 Å². The Bertz CT molecular complexity index is 4030. The number of methoxy groups -OCH3 is 4. The molecule has 0 unspecified atom stereocenters. The maximum Gasteiger partial charge on any atom is 0.335 e. The van der Waals surface area contributed by atoms with E-state index in [1.165, 1.54) is 37.6 Å². The quantitative estimate of drug-likeness (QED) is 0.0236. The zero-order valence-electron chi connectivity index (χ0n) is 62.8. The minimum Gasteiger partial charge on any atom is -0.479 e. The van der Waals surface area contributed by atoms with Crippen LogP contribution in [-0.2, 0) is 67.1 Å². The Labute approximate surface area is 603 Å². The number of aliphatic hydroxyl groups excluding tert-OH is 4. The van der Waals surface area contributed by atoms with Gasteiger partial charge in [0, 0.05) is 79.5 Å². The van der Waals surface area contributed by atoms with Gasteiger partial charge in [-0.15, -0.1) is 0 Å². The lowest BCUT2D eigenvalue weighted by Crippen LogP contribution is -2.46. The van der Waals surface area contributed by atoms with Crippen molar-refractivity contribution in [3.05, 3.63) is 118 Å². The third-order valence-corrected chi connectivity index (χ3v) is 17.2. The van der Waals surface area contributed by atoms with Gasteiger partial charge >= 0.3 is 11.9 Å². The van der Waals surface area contributed by atoms with Gasteiger partial charge in [-0.3, -0.25) is 28.8 Å². The minimum atomic E-state index is -2.24.